The van der Waals surface area contributed by atoms with E-state index in [1.54, 1.807) is 10.8 Å². The van der Waals surface area contributed by atoms with E-state index in [1.807, 2.05) is 0 Å². The molecule has 0 N–H and O–H groups in total. The lowest BCUT2D eigenvalue weighted by Gasteiger charge is -1.84. The molecule has 0 radical (unpaired) electrons. The number of thiophene rings is 1. The van der Waals surface area contributed by atoms with Crippen molar-refractivity contribution >= 4 is 40.8 Å². The summed E-state index contributed by atoms with van der Waals surface area (Å²) in [7, 11) is 0. The number of hydrogen-bond donors (Lipinski definition) is 1. The Morgan fingerprint density at radius 2 is 2.33 bits per heavy atom. The maximum absolute atomic E-state index is 10.5. The average Bonchev–Trinajstić information content (AvgIpc) is 2.13. The van der Waals surface area contributed by atoms with Crippen LogP contribution in [0, 0.1) is 0 Å². The van der Waals surface area contributed by atoms with Gasteiger partial charge >= 0.3 is 0 Å². The molecule has 0 amide bonds. The lowest BCUT2D eigenvalue weighted by atomic mass is 10.4. The van der Waals surface area contributed by atoms with E-state index < -0.39 is 5.24 Å². The molecule has 0 atom stereocenters. The first-order valence-corrected chi connectivity index (χ1v) is 3.93. The molecule has 0 aliphatic heterocycles. The van der Waals surface area contributed by atoms with Crippen LogP contribution < -0.4 is 0 Å². The van der Waals surface area contributed by atoms with Crippen LogP contribution in [0.3, 0.4) is 0 Å². The van der Waals surface area contributed by atoms with Crippen molar-refractivity contribution in [3.63, 3.8) is 0 Å². The second-order valence-corrected chi connectivity index (χ2v) is 3.01. The maximum atomic E-state index is 10.5. The second kappa shape index (κ2) is 2.73. The first-order valence-electron chi connectivity index (χ1n) is 2.17. The standard InChI is InChI=1S/C5H3ClOS2/c6-5(7)3-1-9-2-4(3)8/h1-2,8H. The second-order valence-electron chi connectivity index (χ2n) is 1.44. The highest BCUT2D eigenvalue weighted by molar-refractivity contribution is 7.80. The number of hydrogen-bond acceptors (Lipinski definition) is 3. The van der Waals surface area contributed by atoms with Gasteiger partial charge in [-0.25, -0.2) is 0 Å². The molecule has 0 unspecified atom stereocenters. The minimum atomic E-state index is -0.443. The van der Waals surface area contributed by atoms with Gasteiger partial charge in [-0.2, -0.15) is 11.3 Å². The van der Waals surface area contributed by atoms with Gasteiger partial charge in [0.1, 0.15) is 0 Å². The minimum absolute atomic E-state index is 0.443. The fraction of sp³-hybridized carbons (Fsp3) is 0. The largest absolute Gasteiger partial charge is 0.276 e. The number of halogens is 1. The van der Waals surface area contributed by atoms with Crippen molar-refractivity contribution in [2.45, 2.75) is 4.90 Å². The molecule has 9 heavy (non-hydrogen) atoms. The van der Waals surface area contributed by atoms with Crippen LogP contribution in [0.15, 0.2) is 15.7 Å². The minimum Gasteiger partial charge on any atom is -0.276 e. The van der Waals surface area contributed by atoms with E-state index >= 15 is 0 Å². The number of rotatable bonds is 1. The Balaban J connectivity index is 3.08. The molecule has 0 saturated heterocycles. The molecule has 1 heterocycles. The predicted molar refractivity (Wildman–Crippen MR) is 41.8 cm³/mol. The third-order valence-electron chi connectivity index (χ3n) is 0.853. The first-order chi connectivity index (χ1) is 4.22. The Morgan fingerprint density at radius 1 is 1.67 bits per heavy atom. The van der Waals surface area contributed by atoms with E-state index in [0.29, 0.717) is 10.5 Å². The Labute approximate surface area is 67.1 Å². The smallest absolute Gasteiger partial charge is 0.254 e. The van der Waals surface area contributed by atoms with E-state index in [4.69, 9.17) is 11.6 Å². The van der Waals surface area contributed by atoms with Gasteiger partial charge in [-0.3, -0.25) is 4.79 Å². The Hall–Kier alpha value is 0.01000. The van der Waals surface area contributed by atoms with E-state index in [9.17, 15) is 4.79 Å². The van der Waals surface area contributed by atoms with Gasteiger partial charge in [0.05, 0.1) is 5.56 Å². The molecule has 0 aliphatic carbocycles. The first kappa shape index (κ1) is 7.12. The fourth-order valence-electron chi connectivity index (χ4n) is 0.437. The van der Waals surface area contributed by atoms with Crippen molar-refractivity contribution in [1.82, 2.24) is 0 Å². The van der Waals surface area contributed by atoms with Crippen molar-refractivity contribution < 1.29 is 4.79 Å². The zero-order valence-corrected chi connectivity index (χ0v) is 6.76. The van der Waals surface area contributed by atoms with E-state index in [1.165, 1.54) is 11.3 Å². The summed E-state index contributed by atoms with van der Waals surface area (Å²) in [5, 5.41) is 3.00. The molecule has 4 heteroatoms. The summed E-state index contributed by atoms with van der Waals surface area (Å²) < 4.78 is 0. The summed E-state index contributed by atoms with van der Waals surface area (Å²) in [6.45, 7) is 0. The van der Waals surface area contributed by atoms with Gasteiger partial charge in [-0.05, 0) is 11.6 Å². The summed E-state index contributed by atoms with van der Waals surface area (Å²) >= 11 is 10.6. The van der Waals surface area contributed by atoms with Crippen LogP contribution in [-0.2, 0) is 0 Å². The molecule has 1 aromatic heterocycles. The molecule has 1 aromatic rings. The summed E-state index contributed by atoms with van der Waals surface area (Å²) in [6, 6.07) is 0. The predicted octanol–water partition coefficient (Wildman–Crippen LogP) is 2.42. The van der Waals surface area contributed by atoms with Gasteiger partial charge in [0.2, 0.25) is 0 Å². The molecule has 48 valence electrons. The molecular weight excluding hydrogens is 176 g/mol. The normalized spacial score (nSPS) is 9.56. The van der Waals surface area contributed by atoms with Crippen LogP contribution >= 0.6 is 35.6 Å². The highest BCUT2D eigenvalue weighted by Crippen LogP contribution is 2.19. The van der Waals surface area contributed by atoms with Gasteiger partial charge in [-0.1, -0.05) is 0 Å². The quantitative estimate of drug-likeness (QED) is 0.516. The molecule has 0 aliphatic rings. The topological polar surface area (TPSA) is 17.1 Å². The van der Waals surface area contributed by atoms with Crippen LogP contribution in [0.5, 0.6) is 0 Å². The van der Waals surface area contributed by atoms with Gasteiger partial charge in [0, 0.05) is 15.7 Å². The summed E-state index contributed by atoms with van der Waals surface area (Å²) in [5.41, 5.74) is 0.491. The molecule has 0 bridgehead atoms. The summed E-state index contributed by atoms with van der Waals surface area (Å²) in [6.07, 6.45) is 0. The highest BCUT2D eigenvalue weighted by atomic mass is 35.5. The zero-order chi connectivity index (χ0) is 6.85. The van der Waals surface area contributed by atoms with Gasteiger partial charge in [-0.15, -0.1) is 12.6 Å². The third-order valence-corrected chi connectivity index (χ3v) is 2.35. The van der Waals surface area contributed by atoms with Crippen molar-refractivity contribution in [3.05, 3.63) is 16.3 Å². The monoisotopic (exact) mass is 178 g/mol. The van der Waals surface area contributed by atoms with Crippen molar-refractivity contribution in [2.24, 2.45) is 0 Å². The lowest BCUT2D eigenvalue weighted by Crippen LogP contribution is -1.83. The number of thiol groups is 1. The zero-order valence-electron chi connectivity index (χ0n) is 4.30. The number of carbonyl (C=O) groups excluding carboxylic acids is 1. The van der Waals surface area contributed by atoms with Crippen LogP contribution in [-0.4, -0.2) is 5.24 Å². The molecule has 0 saturated carbocycles. The highest BCUT2D eigenvalue weighted by Gasteiger charge is 2.05. The fourth-order valence-corrected chi connectivity index (χ4v) is 1.85. The average molecular weight is 179 g/mol. The summed E-state index contributed by atoms with van der Waals surface area (Å²) in [4.78, 5) is 11.1. The number of carbonyl (C=O) groups is 1. The molecule has 0 fully saturated rings. The van der Waals surface area contributed by atoms with Crippen molar-refractivity contribution in [1.29, 1.82) is 0 Å². The van der Waals surface area contributed by atoms with Crippen molar-refractivity contribution in [2.75, 3.05) is 0 Å². The maximum Gasteiger partial charge on any atom is 0.254 e. The van der Waals surface area contributed by atoms with Crippen LogP contribution in [0.2, 0.25) is 0 Å². The summed E-state index contributed by atoms with van der Waals surface area (Å²) in [5.74, 6) is 0. The molecule has 1 rings (SSSR count). The molecular formula is C5H3ClOS2. The van der Waals surface area contributed by atoms with Crippen molar-refractivity contribution in [3.8, 4) is 0 Å². The Morgan fingerprint density at radius 3 is 2.56 bits per heavy atom. The van der Waals surface area contributed by atoms with Gasteiger partial charge in [0.25, 0.3) is 5.24 Å². The van der Waals surface area contributed by atoms with Crippen LogP contribution in [0.1, 0.15) is 10.4 Å². The van der Waals surface area contributed by atoms with E-state index in [2.05, 4.69) is 12.6 Å². The molecule has 0 aromatic carbocycles. The third kappa shape index (κ3) is 1.47. The lowest BCUT2D eigenvalue weighted by molar-refractivity contribution is 0.107. The van der Waals surface area contributed by atoms with E-state index in [-0.39, 0.29) is 0 Å². The Bertz CT molecular complexity index is 231. The SMILES string of the molecule is O=C(Cl)c1cscc1S. The van der Waals surface area contributed by atoms with Crippen LogP contribution in [0.4, 0.5) is 0 Å². The van der Waals surface area contributed by atoms with Crippen LogP contribution in [0.25, 0.3) is 0 Å². The van der Waals surface area contributed by atoms with E-state index in [0.717, 1.165) is 0 Å². The molecule has 0 spiro atoms. The molecule has 1 nitrogen and oxygen atoms in total. The van der Waals surface area contributed by atoms with Gasteiger partial charge in [0.15, 0.2) is 0 Å². The van der Waals surface area contributed by atoms with Gasteiger partial charge < -0.3 is 0 Å². The Kier molecular flexibility index (Phi) is 2.16.